The van der Waals surface area contributed by atoms with E-state index in [4.69, 9.17) is 4.74 Å². The van der Waals surface area contributed by atoms with Gasteiger partial charge in [-0.1, -0.05) is 62.6 Å². The number of benzene rings is 1. The van der Waals surface area contributed by atoms with Gasteiger partial charge in [-0.2, -0.15) is 0 Å². The van der Waals surface area contributed by atoms with Crippen molar-refractivity contribution in [1.29, 1.82) is 0 Å². The van der Waals surface area contributed by atoms with Gasteiger partial charge in [0.2, 0.25) is 0 Å². The van der Waals surface area contributed by atoms with Crippen molar-refractivity contribution in [3.63, 3.8) is 0 Å². The third-order valence-electron chi connectivity index (χ3n) is 3.13. The fraction of sp³-hybridized carbons (Fsp3) is 0.471. The van der Waals surface area contributed by atoms with Crippen molar-refractivity contribution in [2.24, 2.45) is 0 Å². The van der Waals surface area contributed by atoms with Crippen molar-refractivity contribution in [1.82, 2.24) is 0 Å². The zero-order valence-corrected chi connectivity index (χ0v) is 12.0. The van der Waals surface area contributed by atoms with Crippen LogP contribution in [0.5, 0.6) is 0 Å². The van der Waals surface area contributed by atoms with Crippen LogP contribution in [-0.2, 0) is 16.0 Å². The van der Waals surface area contributed by atoms with Gasteiger partial charge in [0.1, 0.15) is 0 Å². The van der Waals surface area contributed by atoms with Crippen LogP contribution in [-0.4, -0.2) is 13.1 Å². The summed E-state index contributed by atoms with van der Waals surface area (Å²) in [5, 5.41) is 0. The molecule has 0 fully saturated rings. The van der Waals surface area contributed by atoms with Crippen molar-refractivity contribution < 1.29 is 9.53 Å². The summed E-state index contributed by atoms with van der Waals surface area (Å²) < 4.78 is 4.86. The molecule has 0 spiro atoms. The summed E-state index contributed by atoms with van der Waals surface area (Å²) in [6.07, 6.45) is 8.51. The highest BCUT2D eigenvalue weighted by atomic mass is 16.5. The first-order valence-corrected chi connectivity index (χ1v) is 7.09. The highest BCUT2D eigenvalue weighted by Gasteiger charge is 2.09. The summed E-state index contributed by atoms with van der Waals surface area (Å²) in [7, 11) is 1.44. The second-order valence-corrected chi connectivity index (χ2v) is 4.73. The molecule has 1 aromatic carbocycles. The third kappa shape index (κ3) is 6.23. The van der Waals surface area contributed by atoms with Gasteiger partial charge >= 0.3 is 5.97 Å². The van der Waals surface area contributed by atoms with Crippen LogP contribution in [0.15, 0.2) is 42.0 Å². The van der Waals surface area contributed by atoms with E-state index in [9.17, 15) is 4.79 Å². The number of esters is 1. The number of carbonyl (C=O) groups excluding carboxylic acids is 1. The van der Waals surface area contributed by atoms with Gasteiger partial charge in [-0.05, 0) is 18.4 Å². The molecule has 0 bridgehead atoms. The summed E-state index contributed by atoms with van der Waals surface area (Å²) in [5.41, 5.74) is 1.91. The van der Waals surface area contributed by atoms with E-state index in [1.54, 1.807) is 0 Å². The van der Waals surface area contributed by atoms with Gasteiger partial charge in [-0.25, -0.2) is 4.79 Å². The lowest BCUT2D eigenvalue weighted by atomic mass is 10.0. The van der Waals surface area contributed by atoms with Gasteiger partial charge in [0.25, 0.3) is 0 Å². The topological polar surface area (TPSA) is 26.3 Å². The number of rotatable bonds is 8. The lowest BCUT2D eigenvalue weighted by Gasteiger charge is -2.06. The summed E-state index contributed by atoms with van der Waals surface area (Å²) in [4.78, 5) is 11.7. The van der Waals surface area contributed by atoms with E-state index in [2.05, 4.69) is 6.92 Å². The second-order valence-electron chi connectivity index (χ2n) is 4.73. The Morgan fingerprint density at radius 2 is 1.89 bits per heavy atom. The molecule has 1 aromatic rings. The van der Waals surface area contributed by atoms with Crippen LogP contribution < -0.4 is 0 Å². The van der Waals surface area contributed by atoms with Crippen LogP contribution in [0.4, 0.5) is 0 Å². The number of hydrogen-bond acceptors (Lipinski definition) is 2. The van der Waals surface area contributed by atoms with Gasteiger partial charge < -0.3 is 4.74 Å². The van der Waals surface area contributed by atoms with Crippen molar-refractivity contribution in [2.45, 2.75) is 45.4 Å². The fourth-order valence-electron chi connectivity index (χ4n) is 2.02. The molecule has 0 aliphatic carbocycles. The Kier molecular flexibility index (Phi) is 7.64. The zero-order chi connectivity index (χ0) is 13.9. The summed E-state index contributed by atoms with van der Waals surface area (Å²) in [5.74, 6) is -0.209. The average Bonchev–Trinajstić information content (AvgIpc) is 2.46. The van der Waals surface area contributed by atoms with Gasteiger partial charge in [0.15, 0.2) is 0 Å². The molecule has 0 N–H and O–H groups in total. The van der Waals surface area contributed by atoms with Gasteiger partial charge in [-0.3, -0.25) is 0 Å². The van der Waals surface area contributed by atoms with Crippen molar-refractivity contribution in [2.75, 3.05) is 7.11 Å². The van der Waals surface area contributed by atoms with Crippen molar-refractivity contribution in [3.05, 3.63) is 47.5 Å². The van der Waals surface area contributed by atoms with Crippen LogP contribution in [0.25, 0.3) is 0 Å². The van der Waals surface area contributed by atoms with Gasteiger partial charge in [-0.15, -0.1) is 0 Å². The molecule has 0 amide bonds. The molecule has 1 rings (SSSR count). The maximum absolute atomic E-state index is 11.7. The normalized spacial score (nSPS) is 11.4. The Labute approximate surface area is 116 Å². The quantitative estimate of drug-likeness (QED) is 0.396. The molecule has 0 atom stereocenters. The molecule has 0 saturated carbocycles. The van der Waals surface area contributed by atoms with E-state index in [1.165, 1.54) is 26.4 Å². The van der Waals surface area contributed by atoms with Crippen LogP contribution in [0.1, 0.15) is 44.6 Å². The summed E-state index contributed by atoms with van der Waals surface area (Å²) in [6, 6.07) is 10.0. The molecule has 0 unspecified atom stereocenters. The van der Waals surface area contributed by atoms with E-state index in [1.807, 2.05) is 36.4 Å². The van der Waals surface area contributed by atoms with Crippen LogP contribution in [0.2, 0.25) is 0 Å². The molecule has 0 aliphatic rings. The first kappa shape index (κ1) is 15.5. The lowest BCUT2D eigenvalue weighted by Crippen LogP contribution is -2.07. The molecule has 2 nitrogen and oxygen atoms in total. The van der Waals surface area contributed by atoms with Crippen LogP contribution in [0.3, 0.4) is 0 Å². The lowest BCUT2D eigenvalue weighted by molar-refractivity contribution is -0.136. The number of unbranched alkanes of at least 4 members (excludes halogenated alkanes) is 4. The summed E-state index contributed by atoms with van der Waals surface area (Å²) >= 11 is 0. The zero-order valence-electron chi connectivity index (χ0n) is 12.0. The standard InChI is InChI=1S/C17H24O2/c1-3-4-5-6-10-13-16(17(18)19-2)14-15-11-8-7-9-12-15/h7-9,11-13H,3-6,10,14H2,1-2H3/b16-13+. The largest absolute Gasteiger partial charge is 0.466 e. The molecular formula is C17H24O2. The molecular weight excluding hydrogens is 236 g/mol. The molecule has 0 radical (unpaired) electrons. The Morgan fingerprint density at radius 1 is 1.16 bits per heavy atom. The first-order valence-electron chi connectivity index (χ1n) is 7.09. The fourth-order valence-corrected chi connectivity index (χ4v) is 2.02. The average molecular weight is 260 g/mol. The molecule has 0 aromatic heterocycles. The summed E-state index contributed by atoms with van der Waals surface area (Å²) in [6.45, 7) is 2.20. The minimum Gasteiger partial charge on any atom is -0.466 e. The Morgan fingerprint density at radius 3 is 2.53 bits per heavy atom. The van der Waals surface area contributed by atoms with E-state index < -0.39 is 0 Å². The smallest absolute Gasteiger partial charge is 0.333 e. The maximum atomic E-state index is 11.7. The minimum absolute atomic E-state index is 0.209. The molecule has 0 saturated heterocycles. The molecule has 104 valence electrons. The Balaban J connectivity index is 2.56. The van der Waals surface area contributed by atoms with E-state index in [0.29, 0.717) is 6.42 Å². The first-order chi connectivity index (χ1) is 9.27. The predicted octanol–water partition coefficient (Wildman–Crippen LogP) is 4.30. The van der Waals surface area contributed by atoms with Gasteiger partial charge in [0.05, 0.1) is 7.11 Å². The van der Waals surface area contributed by atoms with Crippen LogP contribution in [0, 0.1) is 0 Å². The number of allylic oxidation sites excluding steroid dienone is 1. The molecule has 19 heavy (non-hydrogen) atoms. The van der Waals surface area contributed by atoms with E-state index in [0.717, 1.165) is 24.0 Å². The maximum Gasteiger partial charge on any atom is 0.333 e. The highest BCUT2D eigenvalue weighted by Crippen LogP contribution is 2.12. The highest BCUT2D eigenvalue weighted by molar-refractivity contribution is 5.88. The van der Waals surface area contributed by atoms with Crippen LogP contribution >= 0.6 is 0 Å². The number of carbonyl (C=O) groups is 1. The second kappa shape index (κ2) is 9.37. The predicted molar refractivity (Wildman–Crippen MR) is 79.0 cm³/mol. The number of ether oxygens (including phenoxy) is 1. The molecule has 2 heteroatoms. The third-order valence-corrected chi connectivity index (χ3v) is 3.13. The SMILES string of the molecule is CCCCCC/C=C(\Cc1ccccc1)C(=O)OC. The number of hydrogen-bond donors (Lipinski definition) is 0. The monoisotopic (exact) mass is 260 g/mol. The van der Waals surface area contributed by atoms with Crippen molar-refractivity contribution in [3.8, 4) is 0 Å². The minimum atomic E-state index is -0.209. The van der Waals surface area contributed by atoms with Crippen molar-refractivity contribution >= 4 is 5.97 Å². The molecule has 0 heterocycles. The van der Waals surface area contributed by atoms with E-state index in [-0.39, 0.29) is 5.97 Å². The molecule has 0 aliphatic heterocycles. The Hall–Kier alpha value is -1.57. The van der Waals surface area contributed by atoms with E-state index >= 15 is 0 Å². The Bertz CT molecular complexity index is 393. The number of methoxy groups -OCH3 is 1. The van der Waals surface area contributed by atoms with Gasteiger partial charge in [0, 0.05) is 12.0 Å².